The zero-order valence-electron chi connectivity index (χ0n) is 8.27. The van der Waals surface area contributed by atoms with Crippen molar-refractivity contribution in [1.29, 1.82) is 0 Å². The third kappa shape index (κ3) is 1.71. The lowest BCUT2D eigenvalue weighted by Gasteiger charge is -2.07. The van der Waals surface area contributed by atoms with Gasteiger partial charge in [0.1, 0.15) is 7.14 Å². The van der Waals surface area contributed by atoms with E-state index in [1.807, 2.05) is 30.3 Å². The van der Waals surface area contributed by atoms with Crippen molar-refractivity contribution < 1.29 is 4.57 Å². The summed E-state index contributed by atoms with van der Waals surface area (Å²) in [4.78, 5) is 4.23. The van der Waals surface area contributed by atoms with E-state index < -0.39 is 7.14 Å². The predicted molar refractivity (Wildman–Crippen MR) is 60.8 cm³/mol. The molecule has 0 saturated carbocycles. The van der Waals surface area contributed by atoms with Crippen LogP contribution >= 0.6 is 7.14 Å². The molecule has 2 rings (SSSR count). The van der Waals surface area contributed by atoms with Crippen LogP contribution in [-0.4, -0.2) is 18.3 Å². The Kier molecular flexibility index (Phi) is 2.16. The van der Waals surface area contributed by atoms with Gasteiger partial charge in [-0.3, -0.25) is 4.98 Å². The van der Waals surface area contributed by atoms with Crippen molar-refractivity contribution >= 4 is 23.3 Å². The van der Waals surface area contributed by atoms with Crippen molar-refractivity contribution in [1.82, 2.24) is 4.98 Å². The smallest absolute Gasteiger partial charge is 0.109 e. The average Bonchev–Trinajstić information content (AvgIpc) is 2.16. The van der Waals surface area contributed by atoms with Gasteiger partial charge in [-0.15, -0.1) is 0 Å². The summed E-state index contributed by atoms with van der Waals surface area (Å²) in [5, 5.41) is 1.98. The van der Waals surface area contributed by atoms with Crippen LogP contribution in [0.5, 0.6) is 0 Å². The summed E-state index contributed by atoms with van der Waals surface area (Å²) in [6.07, 6.45) is 1.75. The Labute approximate surface area is 83.4 Å². The zero-order valence-corrected chi connectivity index (χ0v) is 9.16. The monoisotopic (exact) mass is 205 g/mol. The van der Waals surface area contributed by atoms with Crippen LogP contribution in [0.1, 0.15) is 0 Å². The van der Waals surface area contributed by atoms with Crippen molar-refractivity contribution in [2.45, 2.75) is 0 Å². The first kappa shape index (κ1) is 9.42. The number of benzene rings is 1. The predicted octanol–water partition coefficient (Wildman–Crippen LogP) is 2.48. The third-order valence-electron chi connectivity index (χ3n) is 2.21. The fraction of sp³-hybridized carbons (Fsp3) is 0.182. The number of pyridine rings is 1. The molecule has 0 atom stereocenters. The SMILES string of the molecule is CP(C)(=O)c1ccc2cccnc2c1. The molecule has 0 bridgehead atoms. The van der Waals surface area contributed by atoms with Gasteiger partial charge in [-0.1, -0.05) is 18.2 Å². The lowest BCUT2D eigenvalue weighted by Crippen LogP contribution is -2.02. The number of aromatic nitrogens is 1. The second-order valence-electron chi connectivity index (χ2n) is 3.73. The normalized spacial score (nSPS) is 11.9. The summed E-state index contributed by atoms with van der Waals surface area (Å²) in [5.41, 5.74) is 0.911. The highest BCUT2D eigenvalue weighted by Gasteiger charge is 2.10. The van der Waals surface area contributed by atoms with Gasteiger partial charge in [-0.05, 0) is 25.5 Å². The molecule has 14 heavy (non-hydrogen) atoms. The van der Waals surface area contributed by atoms with E-state index in [1.165, 1.54) is 0 Å². The van der Waals surface area contributed by atoms with E-state index in [9.17, 15) is 4.57 Å². The van der Waals surface area contributed by atoms with Crippen LogP contribution in [0.4, 0.5) is 0 Å². The molecular weight excluding hydrogens is 193 g/mol. The first-order valence-electron chi connectivity index (χ1n) is 4.48. The molecular formula is C11H12NOP. The standard InChI is InChI=1S/C11H12NOP/c1-14(2,13)10-6-5-9-4-3-7-12-11(9)8-10/h3-8H,1-2H3. The molecule has 0 radical (unpaired) electrons. The number of hydrogen-bond donors (Lipinski definition) is 0. The summed E-state index contributed by atoms with van der Waals surface area (Å²) in [6.45, 7) is 3.55. The van der Waals surface area contributed by atoms with Crippen molar-refractivity contribution in [3.8, 4) is 0 Å². The van der Waals surface area contributed by atoms with E-state index in [4.69, 9.17) is 0 Å². The van der Waals surface area contributed by atoms with Crippen LogP contribution < -0.4 is 5.30 Å². The van der Waals surface area contributed by atoms with Gasteiger partial charge in [0.25, 0.3) is 0 Å². The van der Waals surface area contributed by atoms with Gasteiger partial charge in [-0.25, -0.2) is 0 Å². The summed E-state index contributed by atoms with van der Waals surface area (Å²) in [5.74, 6) is 0. The summed E-state index contributed by atoms with van der Waals surface area (Å²) in [7, 11) is -2.16. The van der Waals surface area contributed by atoms with Crippen molar-refractivity contribution in [2.75, 3.05) is 13.3 Å². The first-order chi connectivity index (χ1) is 6.57. The highest BCUT2D eigenvalue weighted by Crippen LogP contribution is 2.34. The molecule has 0 aliphatic carbocycles. The molecule has 0 N–H and O–H groups in total. The van der Waals surface area contributed by atoms with Crippen LogP contribution in [0.15, 0.2) is 36.5 Å². The molecule has 2 nitrogen and oxygen atoms in total. The van der Waals surface area contributed by atoms with E-state index >= 15 is 0 Å². The Balaban J connectivity index is 2.69. The third-order valence-corrected chi connectivity index (χ3v) is 3.73. The first-order valence-corrected chi connectivity index (χ1v) is 7.08. The molecule has 0 unspecified atom stereocenters. The molecule has 0 spiro atoms. The lowest BCUT2D eigenvalue weighted by molar-refractivity contribution is 0.588. The minimum absolute atomic E-state index is 0.892. The lowest BCUT2D eigenvalue weighted by atomic mass is 10.2. The van der Waals surface area contributed by atoms with Gasteiger partial charge in [0.15, 0.2) is 0 Å². The molecule has 1 heterocycles. The number of fused-ring (bicyclic) bond motifs is 1. The topological polar surface area (TPSA) is 30.0 Å². The van der Waals surface area contributed by atoms with Crippen LogP contribution in [0.25, 0.3) is 10.9 Å². The largest absolute Gasteiger partial charge is 0.319 e. The molecule has 2 aromatic rings. The van der Waals surface area contributed by atoms with E-state index in [-0.39, 0.29) is 0 Å². The van der Waals surface area contributed by atoms with E-state index in [2.05, 4.69) is 4.98 Å². The Morgan fingerprint density at radius 1 is 1.21 bits per heavy atom. The van der Waals surface area contributed by atoms with Gasteiger partial charge in [-0.2, -0.15) is 0 Å². The second kappa shape index (κ2) is 3.21. The van der Waals surface area contributed by atoms with E-state index in [0.29, 0.717) is 0 Å². The van der Waals surface area contributed by atoms with E-state index in [1.54, 1.807) is 19.5 Å². The van der Waals surface area contributed by atoms with Crippen LogP contribution in [0.2, 0.25) is 0 Å². The van der Waals surface area contributed by atoms with Crippen molar-refractivity contribution in [2.24, 2.45) is 0 Å². The minimum Gasteiger partial charge on any atom is -0.319 e. The summed E-state index contributed by atoms with van der Waals surface area (Å²) < 4.78 is 11.8. The fourth-order valence-corrected chi connectivity index (χ4v) is 2.26. The van der Waals surface area contributed by atoms with Crippen LogP contribution in [0.3, 0.4) is 0 Å². The van der Waals surface area contributed by atoms with Gasteiger partial charge >= 0.3 is 0 Å². The maximum atomic E-state index is 11.8. The van der Waals surface area contributed by atoms with Crippen LogP contribution in [0, 0.1) is 0 Å². The molecule has 3 heteroatoms. The molecule has 0 amide bonds. The van der Waals surface area contributed by atoms with Gasteiger partial charge in [0.2, 0.25) is 0 Å². The molecule has 72 valence electrons. The van der Waals surface area contributed by atoms with Crippen LogP contribution in [-0.2, 0) is 4.57 Å². The second-order valence-corrected chi connectivity index (χ2v) is 6.95. The summed E-state index contributed by atoms with van der Waals surface area (Å²) >= 11 is 0. The fourth-order valence-electron chi connectivity index (χ4n) is 1.39. The Bertz CT molecular complexity index is 515. The Hall–Kier alpha value is -1.14. The molecule has 1 aromatic heterocycles. The van der Waals surface area contributed by atoms with Gasteiger partial charge in [0, 0.05) is 16.9 Å². The van der Waals surface area contributed by atoms with E-state index in [0.717, 1.165) is 16.2 Å². The minimum atomic E-state index is -2.16. The van der Waals surface area contributed by atoms with Crippen molar-refractivity contribution in [3.63, 3.8) is 0 Å². The maximum Gasteiger partial charge on any atom is 0.109 e. The van der Waals surface area contributed by atoms with Gasteiger partial charge in [0.05, 0.1) is 5.52 Å². The number of rotatable bonds is 1. The number of hydrogen-bond acceptors (Lipinski definition) is 2. The molecule has 0 aliphatic rings. The molecule has 0 aliphatic heterocycles. The maximum absolute atomic E-state index is 11.8. The highest BCUT2D eigenvalue weighted by molar-refractivity contribution is 7.70. The molecule has 0 saturated heterocycles. The number of nitrogens with zero attached hydrogens (tertiary/aromatic N) is 1. The van der Waals surface area contributed by atoms with Crippen molar-refractivity contribution in [3.05, 3.63) is 36.5 Å². The zero-order chi connectivity index (χ0) is 10.2. The molecule has 1 aromatic carbocycles. The Morgan fingerprint density at radius 3 is 2.71 bits per heavy atom. The average molecular weight is 205 g/mol. The summed E-state index contributed by atoms with van der Waals surface area (Å²) in [6, 6.07) is 9.71. The highest BCUT2D eigenvalue weighted by atomic mass is 31.2. The Morgan fingerprint density at radius 2 is 2.00 bits per heavy atom. The van der Waals surface area contributed by atoms with Gasteiger partial charge < -0.3 is 4.57 Å². The molecule has 0 fully saturated rings. The quantitative estimate of drug-likeness (QED) is 0.669.